The third-order valence-corrected chi connectivity index (χ3v) is 1.94. The second-order valence-electron chi connectivity index (χ2n) is 3.15. The minimum Gasteiger partial charge on any atom is -0.357 e. The van der Waals surface area contributed by atoms with Gasteiger partial charge in [-0.3, -0.25) is 0 Å². The standard InChI is InChI=1S/C11H12N2/c1-8-7-9(2)13-11-6-4-3-5-10(11)12-8/h3-7,12-13H,1H2,2H3. The molecule has 0 saturated heterocycles. The van der Waals surface area contributed by atoms with Crippen molar-refractivity contribution in [3.05, 3.63) is 48.3 Å². The summed E-state index contributed by atoms with van der Waals surface area (Å²) in [6.45, 7) is 5.92. The van der Waals surface area contributed by atoms with Gasteiger partial charge in [0.15, 0.2) is 0 Å². The molecule has 2 heteroatoms. The van der Waals surface area contributed by atoms with Crippen LogP contribution in [0.2, 0.25) is 0 Å². The van der Waals surface area contributed by atoms with Crippen molar-refractivity contribution in [2.75, 3.05) is 10.6 Å². The van der Waals surface area contributed by atoms with Crippen molar-refractivity contribution in [1.82, 2.24) is 0 Å². The van der Waals surface area contributed by atoms with Crippen LogP contribution in [0.1, 0.15) is 6.92 Å². The van der Waals surface area contributed by atoms with Crippen molar-refractivity contribution in [3.63, 3.8) is 0 Å². The Balaban J connectivity index is 2.46. The van der Waals surface area contributed by atoms with E-state index in [-0.39, 0.29) is 0 Å². The summed E-state index contributed by atoms with van der Waals surface area (Å²) in [7, 11) is 0. The molecule has 1 aliphatic heterocycles. The monoisotopic (exact) mass is 172 g/mol. The Morgan fingerprint density at radius 1 is 1.08 bits per heavy atom. The average molecular weight is 172 g/mol. The SMILES string of the molecule is C=C1C=C(C)Nc2ccccc2N1. The molecule has 2 N–H and O–H groups in total. The fraction of sp³-hybridized carbons (Fsp3) is 0.0909. The molecule has 0 bridgehead atoms. The highest BCUT2D eigenvalue weighted by molar-refractivity contribution is 5.74. The third kappa shape index (κ3) is 1.56. The summed E-state index contributed by atoms with van der Waals surface area (Å²) < 4.78 is 0. The van der Waals surface area contributed by atoms with Crippen LogP contribution in [0.25, 0.3) is 0 Å². The zero-order valence-corrected chi connectivity index (χ0v) is 7.59. The van der Waals surface area contributed by atoms with Crippen molar-refractivity contribution in [1.29, 1.82) is 0 Å². The number of hydrogen-bond donors (Lipinski definition) is 2. The Bertz CT molecular complexity index is 377. The highest BCUT2D eigenvalue weighted by Crippen LogP contribution is 2.26. The maximum atomic E-state index is 3.90. The molecule has 0 fully saturated rings. The molecule has 0 saturated carbocycles. The van der Waals surface area contributed by atoms with Crippen LogP contribution in [-0.2, 0) is 0 Å². The number of allylic oxidation sites excluding steroid dienone is 2. The van der Waals surface area contributed by atoms with Crippen LogP contribution in [-0.4, -0.2) is 0 Å². The second kappa shape index (κ2) is 2.98. The van der Waals surface area contributed by atoms with Gasteiger partial charge in [-0.05, 0) is 25.1 Å². The van der Waals surface area contributed by atoms with Crippen LogP contribution in [0.5, 0.6) is 0 Å². The van der Waals surface area contributed by atoms with Gasteiger partial charge in [-0.1, -0.05) is 18.7 Å². The Labute approximate surface area is 78.0 Å². The molecule has 0 atom stereocenters. The smallest absolute Gasteiger partial charge is 0.0623 e. The van der Waals surface area contributed by atoms with Gasteiger partial charge in [-0.2, -0.15) is 0 Å². The minimum atomic E-state index is 0.912. The first-order valence-electron chi connectivity index (χ1n) is 4.26. The number of para-hydroxylation sites is 2. The fourth-order valence-electron chi connectivity index (χ4n) is 1.42. The van der Waals surface area contributed by atoms with Gasteiger partial charge >= 0.3 is 0 Å². The van der Waals surface area contributed by atoms with E-state index in [1.807, 2.05) is 37.3 Å². The van der Waals surface area contributed by atoms with Gasteiger partial charge < -0.3 is 10.6 Å². The molecule has 2 nitrogen and oxygen atoms in total. The van der Waals surface area contributed by atoms with Gasteiger partial charge in [-0.25, -0.2) is 0 Å². The summed E-state index contributed by atoms with van der Waals surface area (Å²) in [5.74, 6) is 0. The van der Waals surface area contributed by atoms with Gasteiger partial charge in [0.05, 0.1) is 11.4 Å². The van der Waals surface area contributed by atoms with E-state index in [0.717, 1.165) is 22.8 Å². The Kier molecular flexibility index (Phi) is 1.81. The molecule has 0 unspecified atom stereocenters. The molecule has 1 aliphatic rings. The molecule has 1 aromatic rings. The van der Waals surface area contributed by atoms with Crippen LogP contribution >= 0.6 is 0 Å². The third-order valence-electron chi connectivity index (χ3n) is 1.94. The zero-order chi connectivity index (χ0) is 9.26. The van der Waals surface area contributed by atoms with Gasteiger partial charge in [0.2, 0.25) is 0 Å². The van der Waals surface area contributed by atoms with E-state index in [4.69, 9.17) is 0 Å². The number of fused-ring (bicyclic) bond motifs is 1. The van der Waals surface area contributed by atoms with E-state index < -0.39 is 0 Å². The van der Waals surface area contributed by atoms with E-state index in [0.29, 0.717) is 0 Å². The molecule has 1 heterocycles. The summed E-state index contributed by atoms with van der Waals surface area (Å²) in [4.78, 5) is 0. The molecular weight excluding hydrogens is 160 g/mol. The average Bonchev–Trinajstić information content (AvgIpc) is 2.20. The Morgan fingerprint density at radius 3 is 2.38 bits per heavy atom. The molecule has 1 aromatic carbocycles. The van der Waals surface area contributed by atoms with Gasteiger partial charge in [0.25, 0.3) is 0 Å². The minimum absolute atomic E-state index is 0.912. The topological polar surface area (TPSA) is 24.1 Å². The van der Waals surface area contributed by atoms with E-state index in [9.17, 15) is 0 Å². The highest BCUT2D eigenvalue weighted by Gasteiger charge is 2.05. The lowest BCUT2D eigenvalue weighted by Gasteiger charge is -2.08. The number of anilines is 2. The summed E-state index contributed by atoms with van der Waals surface area (Å²) in [5.41, 5.74) is 4.17. The van der Waals surface area contributed by atoms with Crippen molar-refractivity contribution in [2.45, 2.75) is 6.92 Å². The lowest BCUT2D eigenvalue weighted by Crippen LogP contribution is -1.95. The Hall–Kier alpha value is -1.70. The van der Waals surface area contributed by atoms with Crippen LogP contribution in [0.15, 0.2) is 48.3 Å². The number of nitrogens with one attached hydrogen (secondary N) is 2. The number of hydrogen-bond acceptors (Lipinski definition) is 2. The van der Waals surface area contributed by atoms with Gasteiger partial charge in [0.1, 0.15) is 0 Å². The molecule has 0 aliphatic carbocycles. The molecule has 0 radical (unpaired) electrons. The predicted octanol–water partition coefficient (Wildman–Crippen LogP) is 2.94. The van der Waals surface area contributed by atoms with Crippen LogP contribution < -0.4 is 10.6 Å². The summed E-state index contributed by atoms with van der Waals surface area (Å²) in [6.07, 6.45) is 1.99. The van der Waals surface area contributed by atoms with Crippen LogP contribution in [0.4, 0.5) is 11.4 Å². The summed E-state index contributed by atoms with van der Waals surface area (Å²) in [6, 6.07) is 8.08. The van der Waals surface area contributed by atoms with Gasteiger partial charge in [-0.15, -0.1) is 0 Å². The van der Waals surface area contributed by atoms with Crippen molar-refractivity contribution in [3.8, 4) is 0 Å². The van der Waals surface area contributed by atoms with Crippen molar-refractivity contribution < 1.29 is 0 Å². The number of rotatable bonds is 0. The molecule has 0 amide bonds. The van der Waals surface area contributed by atoms with E-state index in [1.54, 1.807) is 0 Å². The largest absolute Gasteiger partial charge is 0.357 e. The highest BCUT2D eigenvalue weighted by atomic mass is 15.0. The normalized spacial score (nSPS) is 14.8. The lowest BCUT2D eigenvalue weighted by molar-refractivity contribution is 1.39. The first kappa shape index (κ1) is 7.92. The van der Waals surface area contributed by atoms with Crippen LogP contribution in [0.3, 0.4) is 0 Å². The summed E-state index contributed by atoms with van der Waals surface area (Å²) >= 11 is 0. The van der Waals surface area contributed by atoms with Crippen molar-refractivity contribution in [2.24, 2.45) is 0 Å². The molecule has 66 valence electrons. The predicted molar refractivity (Wildman–Crippen MR) is 56.6 cm³/mol. The first-order chi connectivity index (χ1) is 6.25. The second-order valence-corrected chi connectivity index (χ2v) is 3.15. The quantitative estimate of drug-likeness (QED) is 0.628. The summed E-state index contributed by atoms with van der Waals surface area (Å²) in [5, 5.41) is 6.51. The van der Waals surface area contributed by atoms with Crippen molar-refractivity contribution >= 4 is 11.4 Å². The molecule has 0 spiro atoms. The van der Waals surface area contributed by atoms with Crippen LogP contribution in [0, 0.1) is 0 Å². The van der Waals surface area contributed by atoms with E-state index in [1.165, 1.54) is 0 Å². The molecular formula is C11H12N2. The maximum Gasteiger partial charge on any atom is 0.0623 e. The van der Waals surface area contributed by atoms with E-state index >= 15 is 0 Å². The molecule has 2 rings (SSSR count). The van der Waals surface area contributed by atoms with E-state index in [2.05, 4.69) is 17.2 Å². The fourth-order valence-corrected chi connectivity index (χ4v) is 1.42. The zero-order valence-electron chi connectivity index (χ0n) is 7.59. The van der Waals surface area contributed by atoms with Gasteiger partial charge in [0, 0.05) is 11.4 Å². The first-order valence-corrected chi connectivity index (χ1v) is 4.26. The number of benzene rings is 1. The molecule has 0 aromatic heterocycles. The maximum absolute atomic E-state index is 3.90. The lowest BCUT2D eigenvalue weighted by atomic mass is 10.2. The Morgan fingerprint density at radius 2 is 1.69 bits per heavy atom. The molecule has 13 heavy (non-hydrogen) atoms.